The van der Waals surface area contributed by atoms with Crippen molar-refractivity contribution in [3.05, 3.63) is 54.2 Å². The molecule has 0 aliphatic heterocycles. The molecule has 3 heterocycles. The zero-order chi connectivity index (χ0) is 14.8. The molecule has 21 heavy (non-hydrogen) atoms. The second kappa shape index (κ2) is 5.52. The van der Waals surface area contributed by atoms with E-state index in [-0.39, 0.29) is 6.04 Å². The highest BCUT2D eigenvalue weighted by molar-refractivity contribution is 5.50. The van der Waals surface area contributed by atoms with Crippen molar-refractivity contribution in [1.29, 1.82) is 0 Å². The average Bonchev–Trinajstić information content (AvgIpc) is 3.10. The van der Waals surface area contributed by atoms with Crippen molar-refractivity contribution in [3.63, 3.8) is 0 Å². The summed E-state index contributed by atoms with van der Waals surface area (Å²) in [7, 11) is 1.94. The Balaban J connectivity index is 2.05. The van der Waals surface area contributed by atoms with E-state index in [0.29, 0.717) is 0 Å². The molecule has 0 N–H and O–H groups in total. The molecule has 0 spiro atoms. The fourth-order valence-corrected chi connectivity index (χ4v) is 2.64. The Bertz CT molecular complexity index is 740. The zero-order valence-corrected chi connectivity index (χ0v) is 12.6. The Morgan fingerprint density at radius 1 is 1.29 bits per heavy atom. The maximum absolute atomic E-state index is 4.59. The van der Waals surface area contributed by atoms with Crippen LogP contribution in [-0.4, -0.2) is 24.3 Å². The maximum Gasteiger partial charge on any atom is 0.159 e. The molecule has 0 fully saturated rings. The first-order valence-electron chi connectivity index (χ1n) is 7.14. The SMILES string of the molecule is CC[C@H](c1cnn(C)c1)n1ccnc1-c1cccc(C)n1. The molecule has 0 saturated carbocycles. The highest BCUT2D eigenvalue weighted by Crippen LogP contribution is 2.26. The van der Waals surface area contributed by atoms with E-state index < -0.39 is 0 Å². The summed E-state index contributed by atoms with van der Waals surface area (Å²) < 4.78 is 4.01. The van der Waals surface area contributed by atoms with Crippen molar-refractivity contribution >= 4 is 0 Å². The monoisotopic (exact) mass is 281 g/mol. The maximum atomic E-state index is 4.59. The number of nitrogens with zero attached hydrogens (tertiary/aromatic N) is 5. The van der Waals surface area contributed by atoms with E-state index in [4.69, 9.17) is 0 Å². The minimum atomic E-state index is 0.221. The summed E-state index contributed by atoms with van der Waals surface area (Å²) in [6.07, 6.45) is 8.79. The molecule has 0 aromatic carbocycles. The minimum absolute atomic E-state index is 0.221. The Labute approximate surface area is 124 Å². The number of imidazole rings is 1. The van der Waals surface area contributed by atoms with E-state index in [1.807, 2.05) is 55.4 Å². The van der Waals surface area contributed by atoms with E-state index in [9.17, 15) is 0 Å². The van der Waals surface area contributed by atoms with Crippen LogP contribution in [0, 0.1) is 6.92 Å². The summed E-state index contributed by atoms with van der Waals surface area (Å²) in [4.78, 5) is 9.09. The number of pyridine rings is 1. The summed E-state index contributed by atoms with van der Waals surface area (Å²) in [6, 6.07) is 6.23. The van der Waals surface area contributed by atoms with Crippen LogP contribution in [0.5, 0.6) is 0 Å². The largest absolute Gasteiger partial charge is 0.322 e. The summed E-state index contributed by atoms with van der Waals surface area (Å²) in [5, 5.41) is 4.28. The van der Waals surface area contributed by atoms with Gasteiger partial charge in [-0.05, 0) is 25.5 Å². The van der Waals surface area contributed by atoms with Gasteiger partial charge >= 0.3 is 0 Å². The Kier molecular flexibility index (Phi) is 3.56. The molecule has 108 valence electrons. The van der Waals surface area contributed by atoms with E-state index in [1.165, 1.54) is 5.56 Å². The Morgan fingerprint density at radius 3 is 2.81 bits per heavy atom. The van der Waals surface area contributed by atoms with Crippen molar-refractivity contribution in [2.24, 2.45) is 7.05 Å². The third-order valence-corrected chi connectivity index (χ3v) is 3.62. The predicted molar refractivity (Wildman–Crippen MR) is 81.8 cm³/mol. The van der Waals surface area contributed by atoms with Gasteiger partial charge in [-0.3, -0.25) is 4.68 Å². The third-order valence-electron chi connectivity index (χ3n) is 3.62. The average molecular weight is 281 g/mol. The first-order valence-corrected chi connectivity index (χ1v) is 7.14. The molecule has 3 rings (SSSR count). The first-order chi connectivity index (χ1) is 10.2. The quantitative estimate of drug-likeness (QED) is 0.738. The van der Waals surface area contributed by atoms with Crippen LogP contribution in [0.1, 0.15) is 30.6 Å². The molecule has 3 aromatic rings. The van der Waals surface area contributed by atoms with Gasteiger partial charge in [-0.1, -0.05) is 13.0 Å². The molecular formula is C16H19N5. The lowest BCUT2D eigenvalue weighted by molar-refractivity contribution is 0.570. The molecule has 0 radical (unpaired) electrons. The van der Waals surface area contributed by atoms with Gasteiger partial charge in [0.1, 0.15) is 5.69 Å². The van der Waals surface area contributed by atoms with Crippen LogP contribution in [0.15, 0.2) is 43.0 Å². The van der Waals surface area contributed by atoms with Gasteiger partial charge in [0.15, 0.2) is 5.82 Å². The van der Waals surface area contributed by atoms with Gasteiger partial charge in [0.05, 0.1) is 12.2 Å². The molecule has 1 atom stereocenters. The molecular weight excluding hydrogens is 262 g/mol. The van der Waals surface area contributed by atoms with Crippen LogP contribution in [0.4, 0.5) is 0 Å². The summed E-state index contributed by atoms with van der Waals surface area (Å²) >= 11 is 0. The molecule has 0 aliphatic carbocycles. The second-order valence-corrected chi connectivity index (χ2v) is 5.19. The van der Waals surface area contributed by atoms with Crippen molar-refractivity contribution in [1.82, 2.24) is 24.3 Å². The highest BCUT2D eigenvalue weighted by atomic mass is 15.2. The van der Waals surface area contributed by atoms with Crippen molar-refractivity contribution in [2.45, 2.75) is 26.3 Å². The summed E-state index contributed by atoms with van der Waals surface area (Å²) in [6.45, 7) is 4.17. The van der Waals surface area contributed by atoms with Gasteiger partial charge in [-0.2, -0.15) is 5.10 Å². The smallest absolute Gasteiger partial charge is 0.159 e. The number of hydrogen-bond donors (Lipinski definition) is 0. The van der Waals surface area contributed by atoms with Gasteiger partial charge in [-0.15, -0.1) is 0 Å². The number of aromatic nitrogens is 5. The van der Waals surface area contributed by atoms with Crippen molar-refractivity contribution < 1.29 is 0 Å². The van der Waals surface area contributed by atoms with Gasteiger partial charge in [0.2, 0.25) is 0 Å². The molecule has 0 saturated heterocycles. The normalized spacial score (nSPS) is 12.5. The number of rotatable bonds is 4. The summed E-state index contributed by atoms with van der Waals surface area (Å²) in [5.74, 6) is 0.898. The van der Waals surface area contributed by atoms with E-state index in [0.717, 1.165) is 23.6 Å². The molecule has 3 aromatic heterocycles. The lowest BCUT2D eigenvalue weighted by Crippen LogP contribution is -2.10. The summed E-state index contributed by atoms with van der Waals surface area (Å²) in [5.41, 5.74) is 3.09. The van der Waals surface area contributed by atoms with Crippen LogP contribution < -0.4 is 0 Å². The fraction of sp³-hybridized carbons (Fsp3) is 0.312. The molecule has 0 aliphatic rings. The van der Waals surface area contributed by atoms with E-state index in [1.54, 1.807) is 0 Å². The van der Waals surface area contributed by atoms with Crippen molar-refractivity contribution in [2.75, 3.05) is 0 Å². The molecule has 0 bridgehead atoms. The van der Waals surface area contributed by atoms with Crippen LogP contribution in [-0.2, 0) is 7.05 Å². The van der Waals surface area contributed by atoms with Crippen LogP contribution in [0.25, 0.3) is 11.5 Å². The third kappa shape index (κ3) is 2.59. The molecule has 0 unspecified atom stereocenters. The lowest BCUT2D eigenvalue weighted by atomic mass is 10.1. The predicted octanol–water partition coefficient (Wildman–Crippen LogP) is 2.99. The van der Waals surface area contributed by atoms with E-state index in [2.05, 4.69) is 32.8 Å². The standard InChI is InChI=1S/C16H19N5/c1-4-15(13-10-18-20(3)11-13)21-9-8-17-16(21)14-7-5-6-12(2)19-14/h5-11,15H,4H2,1-3H3/t15-/m1/s1. The van der Waals surface area contributed by atoms with E-state index >= 15 is 0 Å². The number of aryl methyl sites for hydroxylation is 2. The van der Waals surface area contributed by atoms with Crippen LogP contribution >= 0.6 is 0 Å². The molecule has 5 heteroatoms. The minimum Gasteiger partial charge on any atom is -0.322 e. The number of hydrogen-bond acceptors (Lipinski definition) is 3. The molecule has 5 nitrogen and oxygen atoms in total. The zero-order valence-electron chi connectivity index (χ0n) is 12.6. The lowest BCUT2D eigenvalue weighted by Gasteiger charge is -2.18. The second-order valence-electron chi connectivity index (χ2n) is 5.19. The first kappa shape index (κ1) is 13.5. The highest BCUT2D eigenvalue weighted by Gasteiger charge is 2.18. The van der Waals surface area contributed by atoms with Gasteiger partial charge < -0.3 is 4.57 Å². The molecule has 0 amide bonds. The van der Waals surface area contributed by atoms with Gasteiger partial charge in [0, 0.05) is 36.9 Å². The Hall–Kier alpha value is -2.43. The van der Waals surface area contributed by atoms with Gasteiger partial charge in [-0.25, -0.2) is 9.97 Å². The Morgan fingerprint density at radius 2 is 2.14 bits per heavy atom. The van der Waals surface area contributed by atoms with Gasteiger partial charge in [0.25, 0.3) is 0 Å². The van der Waals surface area contributed by atoms with Crippen LogP contribution in [0.3, 0.4) is 0 Å². The van der Waals surface area contributed by atoms with Crippen molar-refractivity contribution in [3.8, 4) is 11.5 Å². The topological polar surface area (TPSA) is 48.5 Å². The van der Waals surface area contributed by atoms with Crippen LogP contribution in [0.2, 0.25) is 0 Å². The fourth-order valence-electron chi connectivity index (χ4n) is 2.64.